The molecule has 9 heteroatoms. The van der Waals surface area contributed by atoms with Gasteiger partial charge in [-0.2, -0.15) is 0 Å². The molecule has 0 spiro atoms. The molecule has 0 aliphatic rings. The zero-order valence-corrected chi connectivity index (χ0v) is 21.1. The Morgan fingerprint density at radius 2 is 1.79 bits per heavy atom. The lowest BCUT2D eigenvalue weighted by Crippen LogP contribution is -2.12. The fraction of sp³-hybridized carbons (Fsp3) is 0.200. The number of benzene rings is 3. The Kier molecular flexibility index (Phi) is 7.64. The van der Waals surface area contributed by atoms with Gasteiger partial charge in [-0.3, -0.25) is 14.7 Å². The number of hydrogen-bond acceptors (Lipinski definition) is 6. The number of ether oxygens (including phenoxy) is 1. The summed E-state index contributed by atoms with van der Waals surface area (Å²) in [6.45, 7) is 3.97. The van der Waals surface area contributed by atoms with Crippen LogP contribution in [0.25, 0.3) is 5.69 Å². The van der Waals surface area contributed by atoms with Gasteiger partial charge in [0, 0.05) is 20.6 Å². The lowest BCUT2D eigenvalue weighted by Gasteiger charge is -2.18. The van der Waals surface area contributed by atoms with Crippen molar-refractivity contribution >= 4 is 27.7 Å². The molecule has 0 fully saturated rings. The molecule has 7 nitrogen and oxygen atoms in total. The molecule has 0 saturated heterocycles. The fourth-order valence-corrected chi connectivity index (χ4v) is 5.08. The molecule has 0 N–H and O–H groups in total. The maximum Gasteiger partial charge on any atom is 0.220 e. The first-order valence-corrected chi connectivity index (χ1v) is 12.3. The van der Waals surface area contributed by atoms with E-state index in [9.17, 15) is 10.1 Å². The highest BCUT2D eigenvalue weighted by Crippen LogP contribution is 2.41. The average Bonchev–Trinajstić information content (AvgIpc) is 3.18. The Morgan fingerprint density at radius 3 is 2.50 bits per heavy atom. The second-order valence-electron chi connectivity index (χ2n) is 7.78. The molecule has 0 unspecified atom stereocenters. The van der Waals surface area contributed by atoms with Gasteiger partial charge in [0.15, 0.2) is 5.16 Å². The summed E-state index contributed by atoms with van der Waals surface area (Å²) in [6, 6.07) is 23.4. The van der Waals surface area contributed by atoms with E-state index in [4.69, 9.17) is 4.74 Å². The summed E-state index contributed by atoms with van der Waals surface area (Å²) in [5, 5.41) is 20.3. The number of thioether (sulfide) groups is 1. The van der Waals surface area contributed by atoms with E-state index in [0.717, 1.165) is 26.9 Å². The lowest BCUT2D eigenvalue weighted by atomic mass is 10.1. The fourth-order valence-electron chi connectivity index (χ4n) is 3.51. The molecule has 4 rings (SSSR count). The topological polar surface area (TPSA) is 83.1 Å². The van der Waals surface area contributed by atoms with Crippen LogP contribution in [-0.2, 0) is 6.61 Å². The number of aryl methyl sites for hydroxylation is 2. The summed E-state index contributed by atoms with van der Waals surface area (Å²) in [6.07, 6.45) is 0. The summed E-state index contributed by atoms with van der Waals surface area (Å²) in [5.41, 5.74) is 3.79. The van der Waals surface area contributed by atoms with E-state index in [1.54, 1.807) is 0 Å². The average molecular weight is 539 g/mol. The molecular formula is C25H23BrN4O3S. The second-order valence-corrected chi connectivity index (χ2v) is 9.86. The van der Waals surface area contributed by atoms with E-state index >= 15 is 0 Å². The van der Waals surface area contributed by atoms with Crippen LogP contribution in [0.4, 0.5) is 0 Å². The van der Waals surface area contributed by atoms with Crippen LogP contribution in [0, 0.1) is 24.0 Å². The monoisotopic (exact) mass is 538 g/mol. The summed E-state index contributed by atoms with van der Waals surface area (Å²) < 4.78 is 8.85. The van der Waals surface area contributed by atoms with Gasteiger partial charge in [-0.15, -0.1) is 10.2 Å². The standard InChI is InChI=1S/C25H23BrN4O3S/c1-17-8-11-21(12-9-17)30-18(2)27-28-25(30)34-24(15-29(31)32)22-14-20(26)10-13-23(22)33-16-19-6-4-3-5-7-19/h3-14,24H,15-16H2,1-2H3/t24-/m0/s1. The van der Waals surface area contributed by atoms with Crippen LogP contribution in [0.2, 0.25) is 0 Å². The number of nitro groups is 1. The normalized spacial score (nSPS) is 11.9. The van der Waals surface area contributed by atoms with Crippen LogP contribution in [0.3, 0.4) is 0 Å². The molecule has 0 aliphatic carbocycles. The van der Waals surface area contributed by atoms with Crippen LogP contribution in [0.15, 0.2) is 82.4 Å². The highest BCUT2D eigenvalue weighted by Gasteiger charge is 2.27. The van der Waals surface area contributed by atoms with Crippen LogP contribution >= 0.6 is 27.7 Å². The minimum absolute atomic E-state index is 0.289. The highest BCUT2D eigenvalue weighted by molar-refractivity contribution is 9.10. The van der Waals surface area contributed by atoms with Gasteiger partial charge in [-0.1, -0.05) is 75.7 Å². The summed E-state index contributed by atoms with van der Waals surface area (Å²) in [5.74, 6) is 1.31. The van der Waals surface area contributed by atoms with Gasteiger partial charge in [-0.05, 0) is 49.7 Å². The van der Waals surface area contributed by atoms with Crippen LogP contribution in [0.1, 0.15) is 27.8 Å². The van der Waals surface area contributed by atoms with Crippen molar-refractivity contribution in [1.29, 1.82) is 0 Å². The predicted octanol–water partition coefficient (Wildman–Crippen LogP) is 6.34. The molecule has 4 aromatic rings. The van der Waals surface area contributed by atoms with E-state index in [2.05, 4.69) is 26.1 Å². The van der Waals surface area contributed by atoms with Gasteiger partial charge in [0.05, 0.1) is 0 Å². The number of hydrogen-bond donors (Lipinski definition) is 0. The molecule has 0 saturated carbocycles. The number of aromatic nitrogens is 3. The zero-order chi connectivity index (χ0) is 24.1. The Labute approximate surface area is 210 Å². The van der Waals surface area contributed by atoms with E-state index in [1.807, 2.05) is 91.2 Å². The maximum absolute atomic E-state index is 11.6. The highest BCUT2D eigenvalue weighted by atomic mass is 79.9. The molecule has 1 heterocycles. The van der Waals surface area contributed by atoms with Gasteiger partial charge >= 0.3 is 0 Å². The molecular weight excluding hydrogens is 516 g/mol. The van der Waals surface area contributed by atoms with Gasteiger partial charge in [0.2, 0.25) is 6.54 Å². The number of nitrogens with zero attached hydrogens (tertiary/aromatic N) is 4. The predicted molar refractivity (Wildman–Crippen MR) is 136 cm³/mol. The van der Waals surface area contributed by atoms with Crippen molar-refractivity contribution in [2.45, 2.75) is 30.9 Å². The van der Waals surface area contributed by atoms with Crippen molar-refractivity contribution in [3.8, 4) is 11.4 Å². The minimum Gasteiger partial charge on any atom is -0.489 e. The molecule has 3 aromatic carbocycles. The molecule has 1 aromatic heterocycles. The Bertz CT molecular complexity index is 1280. The van der Waals surface area contributed by atoms with Gasteiger partial charge in [-0.25, -0.2) is 0 Å². The largest absolute Gasteiger partial charge is 0.489 e. The first kappa shape index (κ1) is 24.0. The van der Waals surface area contributed by atoms with Crippen LogP contribution in [0.5, 0.6) is 5.75 Å². The summed E-state index contributed by atoms with van der Waals surface area (Å²) in [4.78, 5) is 11.3. The lowest BCUT2D eigenvalue weighted by molar-refractivity contribution is -0.479. The third kappa shape index (κ3) is 5.84. The Hall–Kier alpha value is -3.17. The smallest absolute Gasteiger partial charge is 0.220 e. The zero-order valence-electron chi connectivity index (χ0n) is 18.7. The molecule has 174 valence electrons. The second kappa shape index (κ2) is 10.8. The third-order valence-corrected chi connectivity index (χ3v) is 6.86. The van der Waals surface area contributed by atoms with E-state index in [-0.39, 0.29) is 11.5 Å². The van der Waals surface area contributed by atoms with Gasteiger partial charge < -0.3 is 4.74 Å². The first-order chi connectivity index (χ1) is 16.4. The Balaban J connectivity index is 1.68. The minimum atomic E-state index is -0.536. The van der Waals surface area contributed by atoms with Gasteiger partial charge in [0.1, 0.15) is 23.4 Å². The van der Waals surface area contributed by atoms with Crippen molar-refractivity contribution in [2.75, 3.05) is 6.54 Å². The number of rotatable bonds is 9. The SMILES string of the molecule is Cc1ccc(-n2c(C)nnc2S[C@@H](C[N+](=O)[O-])c2cc(Br)ccc2OCc2ccccc2)cc1. The molecule has 0 aliphatic heterocycles. The molecule has 1 atom stereocenters. The van der Waals surface area contributed by atoms with E-state index in [1.165, 1.54) is 11.8 Å². The van der Waals surface area contributed by atoms with Crippen LogP contribution in [-0.4, -0.2) is 26.2 Å². The van der Waals surface area contributed by atoms with Crippen LogP contribution < -0.4 is 4.74 Å². The van der Waals surface area contributed by atoms with E-state index < -0.39 is 5.25 Å². The van der Waals surface area contributed by atoms with Gasteiger partial charge in [0.25, 0.3) is 0 Å². The van der Waals surface area contributed by atoms with Crippen molar-refractivity contribution in [2.24, 2.45) is 0 Å². The molecule has 34 heavy (non-hydrogen) atoms. The third-order valence-electron chi connectivity index (χ3n) is 5.21. The number of halogens is 1. The van der Waals surface area contributed by atoms with Crippen molar-refractivity contribution in [3.63, 3.8) is 0 Å². The van der Waals surface area contributed by atoms with Crippen molar-refractivity contribution < 1.29 is 9.66 Å². The van der Waals surface area contributed by atoms with E-state index in [0.29, 0.717) is 23.3 Å². The quantitative estimate of drug-likeness (QED) is 0.140. The molecule has 0 bridgehead atoms. The molecule has 0 amide bonds. The van der Waals surface area contributed by atoms with Crippen molar-refractivity contribution in [3.05, 3.63) is 110 Å². The first-order valence-electron chi connectivity index (χ1n) is 10.6. The van der Waals surface area contributed by atoms with Crippen molar-refractivity contribution in [1.82, 2.24) is 14.8 Å². The Morgan fingerprint density at radius 1 is 1.06 bits per heavy atom. The summed E-state index contributed by atoms with van der Waals surface area (Å²) >= 11 is 4.81. The molecule has 0 radical (unpaired) electrons. The summed E-state index contributed by atoms with van der Waals surface area (Å²) in [7, 11) is 0. The maximum atomic E-state index is 11.6.